The minimum Gasteiger partial charge on any atom is -0.466 e. The van der Waals surface area contributed by atoms with Crippen molar-refractivity contribution >= 4 is 5.97 Å². The van der Waals surface area contributed by atoms with E-state index in [1.807, 2.05) is 0 Å². The Balaban J connectivity index is 2.91. The van der Waals surface area contributed by atoms with E-state index >= 15 is 0 Å². The summed E-state index contributed by atoms with van der Waals surface area (Å²) in [6.07, 6.45) is 1.10. The Morgan fingerprint density at radius 2 is 2.47 bits per heavy atom. The van der Waals surface area contributed by atoms with Gasteiger partial charge in [0.15, 0.2) is 0 Å². The molecular formula is C10H9FN2O2. The maximum atomic E-state index is 13.0. The number of carbonyl (C=O) groups is 1. The molecule has 0 amide bonds. The third-order valence-corrected chi connectivity index (χ3v) is 1.74. The molecule has 15 heavy (non-hydrogen) atoms. The predicted octanol–water partition coefficient (Wildman–Crippen LogP) is 1.20. The summed E-state index contributed by atoms with van der Waals surface area (Å²) < 4.78 is 17.7. The molecule has 0 spiro atoms. The van der Waals surface area contributed by atoms with Crippen LogP contribution < -0.4 is 0 Å². The van der Waals surface area contributed by atoms with Gasteiger partial charge >= 0.3 is 5.97 Å². The van der Waals surface area contributed by atoms with Gasteiger partial charge in [-0.1, -0.05) is 0 Å². The van der Waals surface area contributed by atoms with Crippen molar-refractivity contribution in [3.8, 4) is 6.07 Å². The Hall–Kier alpha value is -1.96. The Labute approximate surface area is 86.3 Å². The second kappa shape index (κ2) is 5.05. The van der Waals surface area contributed by atoms with E-state index in [9.17, 15) is 9.18 Å². The highest BCUT2D eigenvalue weighted by Crippen LogP contribution is 2.11. The van der Waals surface area contributed by atoms with Gasteiger partial charge in [0.2, 0.25) is 5.95 Å². The van der Waals surface area contributed by atoms with E-state index in [1.54, 1.807) is 13.0 Å². The zero-order valence-corrected chi connectivity index (χ0v) is 8.16. The van der Waals surface area contributed by atoms with Gasteiger partial charge in [0.05, 0.1) is 13.0 Å². The first kappa shape index (κ1) is 11.1. The number of hydrogen-bond donors (Lipinski definition) is 0. The fourth-order valence-electron chi connectivity index (χ4n) is 1.11. The lowest BCUT2D eigenvalue weighted by molar-refractivity contribution is -0.142. The third-order valence-electron chi connectivity index (χ3n) is 1.74. The molecule has 0 saturated heterocycles. The molecule has 0 saturated carbocycles. The second-order valence-electron chi connectivity index (χ2n) is 2.73. The van der Waals surface area contributed by atoms with Crippen LogP contribution in [0.25, 0.3) is 0 Å². The number of nitriles is 1. The standard InChI is InChI=1S/C10H9FN2O2/c1-2-15-9(14)5-7-3-4-13-10(11)8(7)6-12/h3-4H,2,5H2,1H3. The van der Waals surface area contributed by atoms with Crippen molar-refractivity contribution in [3.63, 3.8) is 0 Å². The van der Waals surface area contributed by atoms with Crippen molar-refractivity contribution in [2.75, 3.05) is 6.61 Å². The zero-order valence-electron chi connectivity index (χ0n) is 8.16. The molecule has 1 rings (SSSR count). The SMILES string of the molecule is CCOC(=O)Cc1ccnc(F)c1C#N. The number of pyridine rings is 1. The Kier molecular flexibility index (Phi) is 3.75. The maximum absolute atomic E-state index is 13.0. The predicted molar refractivity (Wildman–Crippen MR) is 49.2 cm³/mol. The average Bonchev–Trinajstić information content (AvgIpc) is 2.18. The van der Waals surface area contributed by atoms with Crippen LogP contribution in [0.4, 0.5) is 4.39 Å². The number of nitrogens with zero attached hydrogens (tertiary/aromatic N) is 2. The normalized spacial score (nSPS) is 9.40. The van der Waals surface area contributed by atoms with E-state index in [1.165, 1.54) is 12.3 Å². The highest BCUT2D eigenvalue weighted by atomic mass is 19.1. The van der Waals surface area contributed by atoms with E-state index in [0.29, 0.717) is 5.56 Å². The van der Waals surface area contributed by atoms with Crippen molar-refractivity contribution in [2.45, 2.75) is 13.3 Å². The quantitative estimate of drug-likeness (QED) is 0.553. The van der Waals surface area contributed by atoms with Gasteiger partial charge in [0.1, 0.15) is 11.6 Å². The van der Waals surface area contributed by atoms with Gasteiger partial charge in [-0.2, -0.15) is 9.65 Å². The number of hydrogen-bond acceptors (Lipinski definition) is 4. The lowest BCUT2D eigenvalue weighted by Crippen LogP contribution is -2.09. The molecule has 0 atom stereocenters. The zero-order chi connectivity index (χ0) is 11.3. The van der Waals surface area contributed by atoms with Crippen LogP contribution in [0.3, 0.4) is 0 Å². The number of aromatic nitrogens is 1. The van der Waals surface area contributed by atoms with Crippen LogP contribution in [0.15, 0.2) is 12.3 Å². The number of rotatable bonds is 3. The molecule has 4 nitrogen and oxygen atoms in total. The topological polar surface area (TPSA) is 63.0 Å². The summed E-state index contributed by atoms with van der Waals surface area (Å²) in [5.41, 5.74) is 0.0917. The molecule has 0 unspecified atom stereocenters. The smallest absolute Gasteiger partial charge is 0.310 e. The largest absolute Gasteiger partial charge is 0.466 e. The summed E-state index contributed by atoms with van der Waals surface area (Å²) in [5, 5.41) is 8.66. The van der Waals surface area contributed by atoms with Crippen molar-refractivity contribution in [1.29, 1.82) is 5.26 Å². The highest BCUT2D eigenvalue weighted by molar-refractivity contribution is 5.73. The van der Waals surface area contributed by atoms with Crippen molar-refractivity contribution < 1.29 is 13.9 Å². The minimum atomic E-state index is -0.862. The minimum absolute atomic E-state index is 0.115. The van der Waals surface area contributed by atoms with Gasteiger partial charge in [-0.15, -0.1) is 0 Å². The fraction of sp³-hybridized carbons (Fsp3) is 0.300. The summed E-state index contributed by atoms with van der Waals surface area (Å²) in [6, 6.07) is 3.10. The highest BCUT2D eigenvalue weighted by Gasteiger charge is 2.12. The van der Waals surface area contributed by atoms with E-state index in [2.05, 4.69) is 4.98 Å². The maximum Gasteiger partial charge on any atom is 0.310 e. The molecule has 1 aromatic rings. The summed E-state index contributed by atoms with van der Waals surface area (Å²) in [5.74, 6) is -1.35. The van der Waals surface area contributed by atoms with Crippen LogP contribution >= 0.6 is 0 Å². The van der Waals surface area contributed by atoms with Crippen LogP contribution in [0, 0.1) is 17.3 Å². The molecule has 1 aromatic heterocycles. The molecule has 0 N–H and O–H groups in total. The summed E-state index contributed by atoms with van der Waals surface area (Å²) in [4.78, 5) is 14.4. The average molecular weight is 208 g/mol. The summed E-state index contributed by atoms with van der Waals surface area (Å²) in [7, 11) is 0. The first-order chi connectivity index (χ1) is 7.19. The van der Waals surface area contributed by atoms with Crippen molar-refractivity contribution in [2.24, 2.45) is 0 Å². The molecule has 0 fully saturated rings. The van der Waals surface area contributed by atoms with Crippen LogP contribution in [0.1, 0.15) is 18.1 Å². The number of esters is 1. The van der Waals surface area contributed by atoms with E-state index in [-0.39, 0.29) is 18.6 Å². The monoisotopic (exact) mass is 208 g/mol. The van der Waals surface area contributed by atoms with E-state index in [4.69, 9.17) is 10.00 Å². The fourth-order valence-corrected chi connectivity index (χ4v) is 1.11. The van der Waals surface area contributed by atoms with Gasteiger partial charge in [-0.3, -0.25) is 4.79 Å². The molecule has 1 heterocycles. The molecule has 78 valence electrons. The van der Waals surface area contributed by atoms with Gasteiger partial charge in [-0.25, -0.2) is 4.98 Å². The van der Waals surface area contributed by atoms with E-state index in [0.717, 1.165) is 0 Å². The molecule has 0 aliphatic heterocycles. The third kappa shape index (κ3) is 2.74. The second-order valence-corrected chi connectivity index (χ2v) is 2.73. The van der Waals surface area contributed by atoms with Gasteiger partial charge in [0.25, 0.3) is 0 Å². The van der Waals surface area contributed by atoms with Gasteiger partial charge < -0.3 is 4.74 Å². The Morgan fingerprint density at radius 3 is 3.07 bits per heavy atom. The Bertz CT molecular complexity index is 412. The number of carbonyl (C=O) groups excluding carboxylic acids is 1. The summed E-state index contributed by atoms with van der Waals surface area (Å²) in [6.45, 7) is 1.94. The number of ether oxygens (including phenoxy) is 1. The first-order valence-corrected chi connectivity index (χ1v) is 4.38. The van der Waals surface area contributed by atoms with Crippen molar-refractivity contribution in [3.05, 3.63) is 29.3 Å². The van der Waals surface area contributed by atoms with Gasteiger partial charge in [0, 0.05) is 6.20 Å². The first-order valence-electron chi connectivity index (χ1n) is 4.38. The molecule has 0 radical (unpaired) electrons. The molecular weight excluding hydrogens is 199 g/mol. The molecule has 0 aliphatic rings. The van der Waals surface area contributed by atoms with Crippen LogP contribution in [0.5, 0.6) is 0 Å². The van der Waals surface area contributed by atoms with Crippen LogP contribution in [-0.2, 0) is 16.0 Å². The van der Waals surface area contributed by atoms with Crippen LogP contribution in [0.2, 0.25) is 0 Å². The molecule has 0 bridgehead atoms. The van der Waals surface area contributed by atoms with Crippen LogP contribution in [-0.4, -0.2) is 17.6 Å². The molecule has 0 aliphatic carbocycles. The van der Waals surface area contributed by atoms with Crippen molar-refractivity contribution in [1.82, 2.24) is 4.98 Å². The Morgan fingerprint density at radius 1 is 1.73 bits per heavy atom. The van der Waals surface area contributed by atoms with Gasteiger partial charge in [-0.05, 0) is 18.6 Å². The lowest BCUT2D eigenvalue weighted by Gasteiger charge is -2.03. The van der Waals surface area contributed by atoms with E-state index < -0.39 is 11.9 Å². The molecule has 0 aromatic carbocycles. The molecule has 5 heteroatoms. The lowest BCUT2D eigenvalue weighted by atomic mass is 10.1. The summed E-state index contributed by atoms with van der Waals surface area (Å²) >= 11 is 0. The number of halogens is 1.